The minimum Gasteiger partial charge on any atom is -0.381 e. The van der Waals surface area contributed by atoms with E-state index in [1.54, 1.807) is 0 Å². The Labute approximate surface area is 135 Å². The molecule has 2 aliphatic heterocycles. The Kier molecular flexibility index (Phi) is 3.91. The number of amides is 1. The van der Waals surface area contributed by atoms with Gasteiger partial charge in [-0.3, -0.25) is 4.79 Å². The third kappa shape index (κ3) is 2.91. The quantitative estimate of drug-likeness (QED) is 0.863. The third-order valence-corrected chi connectivity index (χ3v) is 4.79. The Morgan fingerprint density at radius 1 is 1.30 bits per heavy atom. The molecule has 6 heteroatoms. The maximum Gasteiger partial charge on any atom is 0.228 e. The molecule has 1 atom stereocenters. The molecule has 0 aliphatic carbocycles. The summed E-state index contributed by atoms with van der Waals surface area (Å²) in [6, 6.07) is 4.04. The molecule has 4 rings (SSSR count). The molecular weight excluding hydrogens is 292 g/mol. The van der Waals surface area contributed by atoms with Crippen LogP contribution >= 0.6 is 0 Å². The van der Waals surface area contributed by atoms with E-state index in [4.69, 9.17) is 4.74 Å². The normalized spacial score (nSPS) is 21.2. The van der Waals surface area contributed by atoms with E-state index in [0.29, 0.717) is 19.8 Å². The summed E-state index contributed by atoms with van der Waals surface area (Å²) in [5, 5.41) is 0. The van der Waals surface area contributed by atoms with E-state index in [1.165, 1.54) is 5.69 Å². The first-order valence-corrected chi connectivity index (χ1v) is 8.31. The molecule has 0 spiro atoms. The summed E-state index contributed by atoms with van der Waals surface area (Å²) in [5.74, 6) is 0.279. The van der Waals surface area contributed by atoms with Crippen LogP contribution in [-0.4, -0.2) is 44.7 Å². The van der Waals surface area contributed by atoms with Gasteiger partial charge >= 0.3 is 0 Å². The van der Waals surface area contributed by atoms with Crippen molar-refractivity contribution < 1.29 is 9.53 Å². The number of hydrogen-bond acceptors (Lipinski definition) is 3. The van der Waals surface area contributed by atoms with Gasteiger partial charge in [-0.05, 0) is 25.0 Å². The molecule has 2 aliphatic rings. The first-order valence-electron chi connectivity index (χ1n) is 8.31. The summed E-state index contributed by atoms with van der Waals surface area (Å²) >= 11 is 0. The molecular formula is C17H22N4O2. The second-order valence-electron chi connectivity index (χ2n) is 6.36. The van der Waals surface area contributed by atoms with Crippen LogP contribution in [0.15, 0.2) is 30.9 Å². The van der Waals surface area contributed by atoms with Gasteiger partial charge in [0, 0.05) is 32.1 Å². The lowest BCUT2D eigenvalue weighted by Crippen LogP contribution is -2.36. The summed E-state index contributed by atoms with van der Waals surface area (Å²) in [6.07, 6.45) is 7.83. The first-order chi connectivity index (χ1) is 11.3. The van der Waals surface area contributed by atoms with Gasteiger partial charge in [-0.1, -0.05) is 0 Å². The van der Waals surface area contributed by atoms with Crippen molar-refractivity contribution in [1.82, 2.24) is 19.0 Å². The van der Waals surface area contributed by atoms with Gasteiger partial charge in [0.05, 0.1) is 43.3 Å². The lowest BCUT2D eigenvalue weighted by molar-refractivity contribution is -0.136. The second-order valence-corrected chi connectivity index (χ2v) is 6.36. The van der Waals surface area contributed by atoms with Gasteiger partial charge in [0.2, 0.25) is 5.91 Å². The van der Waals surface area contributed by atoms with Crippen LogP contribution in [0.5, 0.6) is 0 Å². The van der Waals surface area contributed by atoms with Gasteiger partial charge in [0.15, 0.2) is 0 Å². The number of carbonyl (C=O) groups is 1. The van der Waals surface area contributed by atoms with E-state index in [9.17, 15) is 4.79 Å². The largest absolute Gasteiger partial charge is 0.381 e. The SMILES string of the molecule is O=C(C1CCOC1)N1CCCn2cnc(Cn3cccc3)c2C1. The topological polar surface area (TPSA) is 52.3 Å². The van der Waals surface area contributed by atoms with E-state index >= 15 is 0 Å². The fourth-order valence-corrected chi connectivity index (χ4v) is 3.47. The van der Waals surface area contributed by atoms with Crippen molar-refractivity contribution in [3.8, 4) is 0 Å². The Morgan fingerprint density at radius 3 is 2.96 bits per heavy atom. The number of fused-ring (bicyclic) bond motifs is 1. The van der Waals surface area contributed by atoms with Crippen molar-refractivity contribution in [2.24, 2.45) is 5.92 Å². The summed E-state index contributed by atoms with van der Waals surface area (Å²) in [5.41, 5.74) is 2.23. The summed E-state index contributed by atoms with van der Waals surface area (Å²) in [6.45, 7) is 4.45. The highest BCUT2D eigenvalue weighted by Crippen LogP contribution is 2.22. The number of carbonyl (C=O) groups excluding carboxylic acids is 1. The molecule has 2 aromatic rings. The Hall–Kier alpha value is -2.08. The smallest absolute Gasteiger partial charge is 0.228 e. The van der Waals surface area contributed by atoms with Crippen molar-refractivity contribution in [1.29, 1.82) is 0 Å². The molecule has 122 valence electrons. The fourth-order valence-electron chi connectivity index (χ4n) is 3.47. The lowest BCUT2D eigenvalue weighted by atomic mass is 10.1. The van der Waals surface area contributed by atoms with Gasteiger partial charge in [-0.2, -0.15) is 0 Å². The van der Waals surface area contributed by atoms with E-state index in [-0.39, 0.29) is 11.8 Å². The minimum atomic E-state index is 0.0392. The number of aryl methyl sites for hydroxylation is 1. The van der Waals surface area contributed by atoms with Crippen LogP contribution in [0.2, 0.25) is 0 Å². The number of nitrogens with zero attached hydrogens (tertiary/aromatic N) is 4. The molecule has 0 saturated carbocycles. The molecule has 0 aromatic carbocycles. The molecule has 4 heterocycles. The minimum absolute atomic E-state index is 0.0392. The van der Waals surface area contributed by atoms with Crippen LogP contribution in [0.1, 0.15) is 24.2 Å². The van der Waals surface area contributed by atoms with E-state index in [2.05, 4.69) is 14.1 Å². The molecule has 2 aromatic heterocycles. The van der Waals surface area contributed by atoms with Crippen molar-refractivity contribution in [3.63, 3.8) is 0 Å². The predicted octanol–water partition coefficient (Wildman–Crippen LogP) is 1.50. The van der Waals surface area contributed by atoms with E-state index in [1.807, 2.05) is 35.8 Å². The number of ether oxygens (including phenoxy) is 1. The summed E-state index contributed by atoms with van der Waals surface area (Å²) in [7, 11) is 0. The molecule has 1 amide bonds. The van der Waals surface area contributed by atoms with E-state index < -0.39 is 0 Å². The second kappa shape index (κ2) is 6.20. The molecule has 1 fully saturated rings. The summed E-state index contributed by atoms with van der Waals surface area (Å²) in [4.78, 5) is 19.3. The zero-order chi connectivity index (χ0) is 15.6. The van der Waals surface area contributed by atoms with Crippen LogP contribution in [0.3, 0.4) is 0 Å². The third-order valence-electron chi connectivity index (χ3n) is 4.79. The maximum atomic E-state index is 12.7. The summed E-state index contributed by atoms with van der Waals surface area (Å²) < 4.78 is 9.70. The Morgan fingerprint density at radius 2 is 2.17 bits per heavy atom. The Balaban J connectivity index is 1.55. The van der Waals surface area contributed by atoms with Crippen molar-refractivity contribution in [2.75, 3.05) is 19.8 Å². The standard InChI is InChI=1S/C17H22N4O2/c22-17(14-4-9-23-12-14)20-7-3-8-21-13-18-15(16(21)11-20)10-19-5-1-2-6-19/h1-2,5-6,13-14H,3-4,7-12H2. The highest BCUT2D eigenvalue weighted by Gasteiger charge is 2.30. The van der Waals surface area contributed by atoms with Crippen LogP contribution in [0.25, 0.3) is 0 Å². The van der Waals surface area contributed by atoms with Crippen molar-refractivity contribution >= 4 is 5.91 Å². The molecule has 23 heavy (non-hydrogen) atoms. The fraction of sp³-hybridized carbons (Fsp3) is 0.529. The zero-order valence-electron chi connectivity index (χ0n) is 13.2. The van der Waals surface area contributed by atoms with Gasteiger partial charge < -0.3 is 18.8 Å². The molecule has 1 saturated heterocycles. The molecule has 1 unspecified atom stereocenters. The van der Waals surface area contributed by atoms with Crippen LogP contribution in [-0.2, 0) is 29.2 Å². The van der Waals surface area contributed by atoms with Gasteiger partial charge in [-0.25, -0.2) is 4.98 Å². The molecule has 0 N–H and O–H groups in total. The van der Waals surface area contributed by atoms with Crippen molar-refractivity contribution in [3.05, 3.63) is 42.2 Å². The van der Waals surface area contributed by atoms with Gasteiger partial charge in [-0.15, -0.1) is 0 Å². The molecule has 0 radical (unpaired) electrons. The molecule has 0 bridgehead atoms. The van der Waals surface area contributed by atoms with Gasteiger partial charge in [0.1, 0.15) is 0 Å². The zero-order valence-corrected chi connectivity index (χ0v) is 13.2. The van der Waals surface area contributed by atoms with Crippen molar-refractivity contribution in [2.45, 2.75) is 32.5 Å². The number of rotatable bonds is 3. The predicted molar refractivity (Wildman–Crippen MR) is 84.7 cm³/mol. The highest BCUT2D eigenvalue weighted by atomic mass is 16.5. The monoisotopic (exact) mass is 314 g/mol. The average molecular weight is 314 g/mol. The first kappa shape index (κ1) is 14.5. The number of hydrogen-bond donors (Lipinski definition) is 0. The Bertz CT molecular complexity index is 671. The maximum absolute atomic E-state index is 12.7. The highest BCUT2D eigenvalue weighted by molar-refractivity contribution is 5.79. The number of aromatic nitrogens is 3. The average Bonchev–Trinajstić information content (AvgIpc) is 3.29. The van der Waals surface area contributed by atoms with Crippen LogP contribution < -0.4 is 0 Å². The van der Waals surface area contributed by atoms with Gasteiger partial charge in [0.25, 0.3) is 0 Å². The van der Waals surface area contributed by atoms with E-state index in [0.717, 1.165) is 38.2 Å². The number of imidazole rings is 1. The van der Waals surface area contributed by atoms with Crippen LogP contribution in [0, 0.1) is 5.92 Å². The van der Waals surface area contributed by atoms with Crippen LogP contribution in [0.4, 0.5) is 0 Å². The molecule has 6 nitrogen and oxygen atoms in total. The lowest BCUT2D eigenvalue weighted by Gasteiger charge is -2.23.